The van der Waals surface area contributed by atoms with Gasteiger partial charge in [0.05, 0.1) is 12.1 Å². The third-order valence-corrected chi connectivity index (χ3v) is 3.02. The molecule has 6 heteroatoms. The standard InChI is InChI=1S/C15H20F3NO2/c1-11(2)19(10-15(16,17)18)8-9-21-14-7-5-4-6-13(14)12(3)20/h4-7,11H,8-10H2,1-3H3. The van der Waals surface area contributed by atoms with Crippen molar-refractivity contribution in [2.24, 2.45) is 0 Å². The fourth-order valence-corrected chi connectivity index (χ4v) is 1.91. The summed E-state index contributed by atoms with van der Waals surface area (Å²) in [4.78, 5) is 12.7. The SMILES string of the molecule is CC(=O)c1ccccc1OCCN(CC(F)(F)F)C(C)C. The molecule has 0 heterocycles. The maximum Gasteiger partial charge on any atom is 0.401 e. The van der Waals surface area contributed by atoms with E-state index in [1.54, 1.807) is 38.1 Å². The molecule has 1 rings (SSSR count). The highest BCUT2D eigenvalue weighted by Gasteiger charge is 2.31. The number of carbonyl (C=O) groups excluding carboxylic acids is 1. The van der Waals surface area contributed by atoms with Gasteiger partial charge in [-0.25, -0.2) is 0 Å². The number of carbonyl (C=O) groups is 1. The number of para-hydroxylation sites is 1. The number of ether oxygens (including phenoxy) is 1. The Morgan fingerprint density at radius 2 is 1.90 bits per heavy atom. The molecule has 0 amide bonds. The summed E-state index contributed by atoms with van der Waals surface area (Å²) in [5.41, 5.74) is 0.435. The summed E-state index contributed by atoms with van der Waals surface area (Å²) in [5.74, 6) is 0.266. The van der Waals surface area contributed by atoms with Gasteiger partial charge in [-0.1, -0.05) is 12.1 Å². The molecule has 3 nitrogen and oxygen atoms in total. The van der Waals surface area contributed by atoms with Gasteiger partial charge in [-0.3, -0.25) is 9.69 Å². The zero-order valence-corrected chi connectivity index (χ0v) is 12.4. The van der Waals surface area contributed by atoms with Gasteiger partial charge >= 0.3 is 6.18 Å². The molecule has 0 bridgehead atoms. The normalized spacial score (nSPS) is 12.0. The highest BCUT2D eigenvalue weighted by atomic mass is 19.4. The van der Waals surface area contributed by atoms with Crippen molar-refractivity contribution in [3.63, 3.8) is 0 Å². The Kier molecular flexibility index (Phi) is 6.20. The van der Waals surface area contributed by atoms with E-state index in [1.807, 2.05) is 0 Å². The lowest BCUT2D eigenvalue weighted by Gasteiger charge is -2.27. The number of benzene rings is 1. The second-order valence-corrected chi connectivity index (χ2v) is 5.08. The minimum absolute atomic E-state index is 0.0958. The van der Waals surface area contributed by atoms with E-state index in [-0.39, 0.29) is 25.0 Å². The molecule has 21 heavy (non-hydrogen) atoms. The van der Waals surface area contributed by atoms with E-state index in [0.717, 1.165) is 0 Å². The fraction of sp³-hybridized carbons (Fsp3) is 0.533. The van der Waals surface area contributed by atoms with Crippen LogP contribution in [-0.2, 0) is 0 Å². The molecule has 0 aliphatic carbocycles. The molecule has 0 spiro atoms. The van der Waals surface area contributed by atoms with E-state index in [4.69, 9.17) is 4.74 Å². The Morgan fingerprint density at radius 1 is 1.29 bits per heavy atom. The number of rotatable bonds is 7. The van der Waals surface area contributed by atoms with Gasteiger partial charge in [0.2, 0.25) is 0 Å². The quantitative estimate of drug-likeness (QED) is 0.722. The van der Waals surface area contributed by atoms with Crippen LogP contribution < -0.4 is 4.74 Å². The van der Waals surface area contributed by atoms with Crippen molar-refractivity contribution in [3.05, 3.63) is 29.8 Å². The van der Waals surface area contributed by atoms with Gasteiger partial charge in [0.15, 0.2) is 5.78 Å². The first-order chi connectivity index (χ1) is 9.70. The van der Waals surface area contributed by atoms with Gasteiger partial charge < -0.3 is 4.74 Å². The second kappa shape index (κ2) is 7.45. The zero-order valence-electron chi connectivity index (χ0n) is 12.4. The smallest absolute Gasteiger partial charge is 0.401 e. The highest BCUT2D eigenvalue weighted by molar-refractivity contribution is 5.96. The lowest BCUT2D eigenvalue weighted by Crippen LogP contribution is -2.41. The number of Topliss-reactive ketones (excluding diaryl/α,β-unsaturated/α-hetero) is 1. The molecule has 0 N–H and O–H groups in total. The maximum absolute atomic E-state index is 12.5. The number of alkyl halides is 3. The molecular weight excluding hydrogens is 283 g/mol. The Bertz CT molecular complexity index is 472. The van der Waals surface area contributed by atoms with E-state index in [2.05, 4.69) is 0 Å². The highest BCUT2D eigenvalue weighted by Crippen LogP contribution is 2.20. The number of nitrogens with zero attached hydrogens (tertiary/aromatic N) is 1. The Hall–Kier alpha value is -1.56. The number of hydrogen-bond donors (Lipinski definition) is 0. The minimum Gasteiger partial charge on any atom is -0.491 e. The summed E-state index contributed by atoms with van der Waals surface area (Å²) in [6.45, 7) is 4.10. The first-order valence-corrected chi connectivity index (χ1v) is 6.74. The van der Waals surface area contributed by atoms with E-state index in [0.29, 0.717) is 11.3 Å². The predicted octanol–water partition coefficient (Wildman–Crippen LogP) is 3.54. The number of halogens is 3. The molecule has 0 saturated heterocycles. The molecule has 0 aliphatic heterocycles. The van der Waals surface area contributed by atoms with Crippen LogP contribution in [0.1, 0.15) is 31.1 Å². The third kappa shape index (κ3) is 6.16. The monoisotopic (exact) mass is 303 g/mol. The topological polar surface area (TPSA) is 29.5 Å². The van der Waals surface area contributed by atoms with Gasteiger partial charge in [-0.05, 0) is 32.9 Å². The fourth-order valence-electron chi connectivity index (χ4n) is 1.91. The summed E-state index contributed by atoms with van der Waals surface area (Å²) in [6, 6.07) is 6.47. The summed E-state index contributed by atoms with van der Waals surface area (Å²) in [7, 11) is 0. The van der Waals surface area contributed by atoms with Crippen LogP contribution in [0.4, 0.5) is 13.2 Å². The summed E-state index contributed by atoms with van der Waals surface area (Å²) >= 11 is 0. The van der Waals surface area contributed by atoms with Crippen molar-refractivity contribution >= 4 is 5.78 Å². The maximum atomic E-state index is 12.5. The van der Waals surface area contributed by atoms with Crippen molar-refractivity contribution < 1.29 is 22.7 Å². The predicted molar refractivity (Wildman–Crippen MR) is 74.7 cm³/mol. The molecule has 0 aliphatic rings. The van der Waals surface area contributed by atoms with Crippen LogP contribution in [-0.4, -0.2) is 42.6 Å². The van der Waals surface area contributed by atoms with Crippen LogP contribution in [0.3, 0.4) is 0 Å². The average molecular weight is 303 g/mol. The van der Waals surface area contributed by atoms with Crippen LogP contribution in [0.25, 0.3) is 0 Å². The number of hydrogen-bond acceptors (Lipinski definition) is 3. The molecule has 0 radical (unpaired) electrons. The van der Waals surface area contributed by atoms with Gasteiger partial charge in [-0.15, -0.1) is 0 Å². The van der Waals surface area contributed by atoms with Crippen molar-refractivity contribution in [3.8, 4) is 5.75 Å². The summed E-state index contributed by atoms with van der Waals surface area (Å²) in [6.07, 6.45) is -4.23. The number of ketones is 1. The van der Waals surface area contributed by atoms with Crippen LogP contribution >= 0.6 is 0 Å². The molecule has 118 valence electrons. The lowest BCUT2D eigenvalue weighted by atomic mass is 10.1. The van der Waals surface area contributed by atoms with Crippen molar-refractivity contribution in [1.29, 1.82) is 0 Å². The summed E-state index contributed by atoms with van der Waals surface area (Å²) in [5, 5.41) is 0. The van der Waals surface area contributed by atoms with Crippen molar-refractivity contribution in [2.45, 2.75) is 33.0 Å². The average Bonchev–Trinajstić information content (AvgIpc) is 2.36. The third-order valence-electron chi connectivity index (χ3n) is 3.02. The van der Waals surface area contributed by atoms with Gasteiger partial charge in [0.1, 0.15) is 12.4 Å². The Morgan fingerprint density at radius 3 is 2.43 bits per heavy atom. The van der Waals surface area contributed by atoms with E-state index in [9.17, 15) is 18.0 Å². The van der Waals surface area contributed by atoms with Gasteiger partial charge in [0.25, 0.3) is 0 Å². The zero-order chi connectivity index (χ0) is 16.0. The first kappa shape index (κ1) is 17.5. The molecule has 0 aromatic heterocycles. The molecular formula is C15H20F3NO2. The molecule has 0 fully saturated rings. The van der Waals surface area contributed by atoms with Crippen molar-refractivity contribution in [1.82, 2.24) is 4.90 Å². The molecule has 0 saturated carbocycles. The molecule has 0 atom stereocenters. The molecule has 1 aromatic rings. The lowest BCUT2D eigenvalue weighted by molar-refractivity contribution is -0.150. The second-order valence-electron chi connectivity index (χ2n) is 5.08. The van der Waals surface area contributed by atoms with E-state index < -0.39 is 12.7 Å². The van der Waals surface area contributed by atoms with Crippen LogP contribution in [0, 0.1) is 0 Å². The van der Waals surface area contributed by atoms with E-state index in [1.165, 1.54) is 11.8 Å². The molecule has 1 aromatic carbocycles. The summed E-state index contributed by atoms with van der Waals surface area (Å²) < 4.78 is 42.8. The van der Waals surface area contributed by atoms with Crippen LogP contribution in [0.2, 0.25) is 0 Å². The van der Waals surface area contributed by atoms with Gasteiger partial charge in [0, 0.05) is 12.6 Å². The van der Waals surface area contributed by atoms with E-state index >= 15 is 0 Å². The van der Waals surface area contributed by atoms with Crippen LogP contribution in [0.5, 0.6) is 5.75 Å². The van der Waals surface area contributed by atoms with Gasteiger partial charge in [-0.2, -0.15) is 13.2 Å². The first-order valence-electron chi connectivity index (χ1n) is 6.74. The molecule has 0 unspecified atom stereocenters. The Balaban J connectivity index is 2.61. The van der Waals surface area contributed by atoms with Crippen LogP contribution in [0.15, 0.2) is 24.3 Å². The Labute approximate surface area is 122 Å². The van der Waals surface area contributed by atoms with Crippen molar-refractivity contribution in [2.75, 3.05) is 19.7 Å². The minimum atomic E-state index is -4.23. The largest absolute Gasteiger partial charge is 0.491 e.